The fourth-order valence-electron chi connectivity index (χ4n) is 2.14. The summed E-state index contributed by atoms with van der Waals surface area (Å²) >= 11 is 0. The van der Waals surface area contributed by atoms with Gasteiger partial charge in [-0.2, -0.15) is 0 Å². The second kappa shape index (κ2) is 3.75. The molecule has 1 aliphatic rings. The normalized spacial score (nSPS) is 22.8. The first kappa shape index (κ1) is 10.0. The second-order valence-electron chi connectivity index (χ2n) is 4.29. The van der Waals surface area contributed by atoms with Gasteiger partial charge in [-0.25, -0.2) is 0 Å². The van der Waals surface area contributed by atoms with E-state index in [1.807, 2.05) is 0 Å². The maximum atomic E-state index is 9.28. The number of hydrogen-bond donors (Lipinski definition) is 1. The molecular formula is C10H21NO. The summed E-state index contributed by atoms with van der Waals surface area (Å²) < 4.78 is 0. The molecule has 0 aromatic rings. The van der Waals surface area contributed by atoms with E-state index >= 15 is 0 Å². The summed E-state index contributed by atoms with van der Waals surface area (Å²) in [6, 6.07) is 0.590. The van der Waals surface area contributed by atoms with Gasteiger partial charge in [0.2, 0.25) is 0 Å². The summed E-state index contributed by atoms with van der Waals surface area (Å²) in [6.45, 7) is 2.58. The Labute approximate surface area is 75.6 Å². The molecule has 1 N–H and O–H groups in total. The van der Waals surface area contributed by atoms with Crippen molar-refractivity contribution in [2.24, 2.45) is 5.41 Å². The Bertz CT molecular complexity index is 141. The zero-order valence-electron chi connectivity index (χ0n) is 8.51. The first-order valence-corrected chi connectivity index (χ1v) is 4.93. The fourth-order valence-corrected chi connectivity index (χ4v) is 2.14. The molecular weight excluding hydrogens is 150 g/mol. The predicted molar refractivity (Wildman–Crippen MR) is 51.1 cm³/mol. The number of rotatable bonds is 5. The Morgan fingerprint density at radius 3 is 2.25 bits per heavy atom. The predicted octanol–water partition coefficient (Wildman–Crippen LogP) is 1.49. The molecule has 0 aromatic carbocycles. The summed E-state index contributed by atoms with van der Waals surface area (Å²) in [5.41, 5.74) is 0.263. The van der Waals surface area contributed by atoms with Crippen LogP contribution in [-0.2, 0) is 0 Å². The van der Waals surface area contributed by atoms with Gasteiger partial charge in [0, 0.05) is 11.5 Å². The molecule has 1 atom stereocenters. The van der Waals surface area contributed by atoms with E-state index in [-0.39, 0.29) is 5.41 Å². The fraction of sp³-hybridized carbons (Fsp3) is 1.00. The lowest BCUT2D eigenvalue weighted by Crippen LogP contribution is -2.38. The molecule has 1 rings (SSSR count). The molecule has 12 heavy (non-hydrogen) atoms. The SMILES string of the molecule is CCCC(N(C)C)C1(CO)CC1. The summed E-state index contributed by atoms with van der Waals surface area (Å²) in [5.74, 6) is 0. The zero-order chi connectivity index (χ0) is 9.19. The highest BCUT2D eigenvalue weighted by molar-refractivity contribution is 5.01. The van der Waals surface area contributed by atoms with E-state index in [2.05, 4.69) is 25.9 Å². The summed E-state index contributed by atoms with van der Waals surface area (Å²) in [4.78, 5) is 2.27. The van der Waals surface area contributed by atoms with E-state index < -0.39 is 0 Å². The number of hydrogen-bond acceptors (Lipinski definition) is 2. The molecule has 0 radical (unpaired) electrons. The van der Waals surface area contributed by atoms with Crippen LogP contribution in [0.3, 0.4) is 0 Å². The van der Waals surface area contributed by atoms with Gasteiger partial charge in [-0.3, -0.25) is 0 Å². The quantitative estimate of drug-likeness (QED) is 0.677. The molecule has 0 amide bonds. The van der Waals surface area contributed by atoms with E-state index in [9.17, 15) is 5.11 Å². The maximum absolute atomic E-state index is 9.28. The van der Waals surface area contributed by atoms with Gasteiger partial charge in [-0.1, -0.05) is 13.3 Å². The topological polar surface area (TPSA) is 23.5 Å². The van der Waals surface area contributed by atoms with Gasteiger partial charge in [-0.15, -0.1) is 0 Å². The van der Waals surface area contributed by atoms with Gasteiger partial charge >= 0.3 is 0 Å². The number of aliphatic hydroxyl groups is 1. The molecule has 2 nitrogen and oxygen atoms in total. The average molecular weight is 171 g/mol. The standard InChI is InChI=1S/C10H21NO/c1-4-5-9(11(2)3)10(8-12)6-7-10/h9,12H,4-8H2,1-3H3. The Balaban J connectivity index is 2.53. The second-order valence-corrected chi connectivity index (χ2v) is 4.29. The maximum Gasteiger partial charge on any atom is 0.0502 e. The summed E-state index contributed by atoms with van der Waals surface area (Å²) in [6.07, 6.45) is 4.86. The molecule has 0 aromatic heterocycles. The highest BCUT2D eigenvalue weighted by atomic mass is 16.3. The van der Waals surface area contributed by atoms with Gasteiger partial charge in [0.15, 0.2) is 0 Å². The van der Waals surface area contributed by atoms with E-state index in [1.165, 1.54) is 25.7 Å². The van der Waals surface area contributed by atoms with Crippen molar-refractivity contribution >= 4 is 0 Å². The van der Waals surface area contributed by atoms with Crippen LogP contribution in [-0.4, -0.2) is 36.8 Å². The molecule has 1 saturated carbocycles. The van der Waals surface area contributed by atoms with Gasteiger partial charge in [0.25, 0.3) is 0 Å². The first-order valence-electron chi connectivity index (χ1n) is 4.93. The Kier molecular flexibility index (Phi) is 3.13. The minimum atomic E-state index is 0.263. The van der Waals surface area contributed by atoms with Crippen molar-refractivity contribution in [2.45, 2.75) is 38.6 Å². The van der Waals surface area contributed by atoms with Crippen LogP contribution in [0.1, 0.15) is 32.6 Å². The van der Waals surface area contributed by atoms with E-state index in [0.717, 1.165) is 0 Å². The monoisotopic (exact) mass is 171 g/mol. The Hall–Kier alpha value is -0.0800. The van der Waals surface area contributed by atoms with Crippen LogP contribution < -0.4 is 0 Å². The third kappa shape index (κ3) is 1.80. The molecule has 1 aliphatic carbocycles. The average Bonchev–Trinajstić information content (AvgIpc) is 2.80. The van der Waals surface area contributed by atoms with E-state index in [0.29, 0.717) is 12.6 Å². The van der Waals surface area contributed by atoms with Crippen molar-refractivity contribution < 1.29 is 5.11 Å². The van der Waals surface area contributed by atoms with Crippen molar-refractivity contribution in [1.29, 1.82) is 0 Å². The molecule has 0 heterocycles. The van der Waals surface area contributed by atoms with Crippen LogP contribution in [0.2, 0.25) is 0 Å². The summed E-state index contributed by atoms with van der Waals surface area (Å²) in [7, 11) is 4.24. The van der Waals surface area contributed by atoms with Crippen LogP contribution in [0.5, 0.6) is 0 Å². The highest BCUT2D eigenvalue weighted by Crippen LogP contribution is 2.50. The van der Waals surface area contributed by atoms with Crippen LogP contribution in [0.25, 0.3) is 0 Å². The van der Waals surface area contributed by atoms with Gasteiger partial charge < -0.3 is 10.0 Å². The van der Waals surface area contributed by atoms with Crippen LogP contribution >= 0.6 is 0 Å². The van der Waals surface area contributed by atoms with Crippen LogP contribution in [0.4, 0.5) is 0 Å². The summed E-state index contributed by atoms with van der Waals surface area (Å²) in [5, 5.41) is 9.28. The molecule has 1 fully saturated rings. The van der Waals surface area contributed by atoms with Crippen molar-refractivity contribution in [1.82, 2.24) is 4.90 Å². The molecule has 0 aliphatic heterocycles. The molecule has 0 saturated heterocycles. The molecule has 0 spiro atoms. The van der Waals surface area contributed by atoms with E-state index in [4.69, 9.17) is 0 Å². The highest BCUT2D eigenvalue weighted by Gasteiger charge is 2.49. The van der Waals surface area contributed by atoms with Gasteiger partial charge in [-0.05, 0) is 33.4 Å². The largest absolute Gasteiger partial charge is 0.396 e. The Morgan fingerprint density at radius 1 is 1.42 bits per heavy atom. The molecule has 0 bridgehead atoms. The lowest BCUT2D eigenvalue weighted by atomic mass is 9.92. The third-order valence-corrected chi connectivity index (χ3v) is 3.10. The van der Waals surface area contributed by atoms with Crippen LogP contribution in [0.15, 0.2) is 0 Å². The van der Waals surface area contributed by atoms with Crippen LogP contribution in [0, 0.1) is 5.41 Å². The van der Waals surface area contributed by atoms with Crippen molar-refractivity contribution in [2.75, 3.05) is 20.7 Å². The van der Waals surface area contributed by atoms with Gasteiger partial charge in [0.1, 0.15) is 0 Å². The third-order valence-electron chi connectivity index (χ3n) is 3.10. The number of nitrogens with zero attached hydrogens (tertiary/aromatic N) is 1. The first-order chi connectivity index (χ1) is 5.66. The van der Waals surface area contributed by atoms with Gasteiger partial charge in [0.05, 0.1) is 6.61 Å². The lowest BCUT2D eigenvalue weighted by molar-refractivity contribution is 0.109. The van der Waals surface area contributed by atoms with E-state index in [1.54, 1.807) is 0 Å². The van der Waals surface area contributed by atoms with Crippen molar-refractivity contribution in [3.8, 4) is 0 Å². The Morgan fingerprint density at radius 2 is 2.00 bits per heavy atom. The zero-order valence-corrected chi connectivity index (χ0v) is 8.51. The smallest absolute Gasteiger partial charge is 0.0502 e. The van der Waals surface area contributed by atoms with Crippen molar-refractivity contribution in [3.63, 3.8) is 0 Å². The lowest BCUT2D eigenvalue weighted by Gasteiger charge is -2.31. The molecule has 72 valence electrons. The molecule has 1 unspecified atom stereocenters. The minimum Gasteiger partial charge on any atom is -0.396 e. The van der Waals surface area contributed by atoms with Crippen molar-refractivity contribution in [3.05, 3.63) is 0 Å². The minimum absolute atomic E-state index is 0.263. The molecule has 2 heteroatoms. The number of aliphatic hydroxyl groups excluding tert-OH is 1.